The lowest BCUT2D eigenvalue weighted by Crippen LogP contribution is -2.49. The highest BCUT2D eigenvalue weighted by molar-refractivity contribution is 6.11. The Kier molecular flexibility index (Phi) is 2.78. The molecule has 4 atom stereocenters. The molecule has 3 aromatic carbocycles. The second-order valence-electron chi connectivity index (χ2n) is 8.51. The van der Waals surface area contributed by atoms with Gasteiger partial charge in [0.2, 0.25) is 22.8 Å². The SMILES string of the molecule is O=C1c2ccccc2[C@]2(O)Oc3cc4c(cc3[C@]12O)[C@@]1(O)C(=O)c2ccccc2[C@@]1(O)O4. The molecule has 8 heteroatoms. The minimum Gasteiger partial charge on any atom is -0.454 e. The van der Waals surface area contributed by atoms with E-state index in [4.69, 9.17) is 9.47 Å². The maximum absolute atomic E-state index is 13.2. The number of ketones is 2. The average molecular weight is 430 g/mol. The van der Waals surface area contributed by atoms with Gasteiger partial charge in [-0.05, 0) is 6.07 Å². The van der Waals surface area contributed by atoms with Gasteiger partial charge >= 0.3 is 0 Å². The first-order chi connectivity index (χ1) is 15.2. The summed E-state index contributed by atoms with van der Waals surface area (Å²) >= 11 is 0. The lowest BCUT2D eigenvalue weighted by Gasteiger charge is -2.30. The van der Waals surface area contributed by atoms with Crippen molar-refractivity contribution in [3.8, 4) is 11.5 Å². The van der Waals surface area contributed by atoms with Crippen molar-refractivity contribution in [2.45, 2.75) is 22.8 Å². The van der Waals surface area contributed by atoms with E-state index in [-0.39, 0.29) is 44.9 Å². The molecule has 7 rings (SSSR count). The zero-order valence-corrected chi connectivity index (χ0v) is 16.2. The standard InChI is InChI=1S/C24H14O8/c25-19-11-5-1-3-7-13(11)23(29)21(19,27)15-9-16-18(10-17(15)31-23)32-24(30)14-8-4-2-6-12(14)20(26)22(16,24)28/h1-10,27-30H/t21-,22+,23-,24+. The summed E-state index contributed by atoms with van der Waals surface area (Å²) < 4.78 is 11.4. The fourth-order valence-corrected chi connectivity index (χ4v) is 5.52. The fraction of sp³-hybridized carbons (Fsp3) is 0.167. The molecule has 2 heterocycles. The first-order valence-corrected chi connectivity index (χ1v) is 9.93. The monoisotopic (exact) mass is 430 g/mol. The van der Waals surface area contributed by atoms with Crippen LogP contribution in [-0.4, -0.2) is 32.0 Å². The number of carbonyl (C=O) groups is 2. The number of hydrogen-bond acceptors (Lipinski definition) is 8. The van der Waals surface area contributed by atoms with Crippen molar-refractivity contribution in [3.63, 3.8) is 0 Å². The number of rotatable bonds is 0. The highest BCUT2D eigenvalue weighted by Crippen LogP contribution is 2.63. The van der Waals surface area contributed by atoms with Crippen LogP contribution in [0, 0.1) is 0 Å². The van der Waals surface area contributed by atoms with Crippen molar-refractivity contribution < 1.29 is 39.5 Å². The van der Waals surface area contributed by atoms with Crippen LogP contribution in [0.4, 0.5) is 0 Å². The van der Waals surface area contributed by atoms with E-state index in [1.54, 1.807) is 24.3 Å². The summed E-state index contributed by atoms with van der Waals surface area (Å²) in [4.78, 5) is 26.4. The van der Waals surface area contributed by atoms with E-state index in [9.17, 15) is 30.0 Å². The van der Waals surface area contributed by atoms with Crippen LogP contribution in [-0.2, 0) is 22.8 Å². The zero-order valence-electron chi connectivity index (χ0n) is 16.2. The Morgan fingerprint density at radius 1 is 0.562 bits per heavy atom. The zero-order chi connectivity index (χ0) is 22.3. The average Bonchev–Trinajstić information content (AvgIpc) is 3.30. The molecule has 3 aromatic rings. The molecule has 0 saturated carbocycles. The predicted octanol–water partition coefficient (Wildman–Crippen LogP) is 0.930. The van der Waals surface area contributed by atoms with E-state index in [1.165, 1.54) is 36.4 Å². The van der Waals surface area contributed by atoms with Gasteiger partial charge in [-0.25, -0.2) is 0 Å². The molecular weight excluding hydrogens is 416 g/mol. The first-order valence-electron chi connectivity index (χ1n) is 9.93. The summed E-state index contributed by atoms with van der Waals surface area (Å²) in [5, 5.41) is 45.6. The summed E-state index contributed by atoms with van der Waals surface area (Å²) in [5.41, 5.74) is -4.89. The lowest BCUT2D eigenvalue weighted by molar-refractivity contribution is -0.227. The Morgan fingerprint density at radius 3 is 1.41 bits per heavy atom. The van der Waals surface area contributed by atoms with Gasteiger partial charge in [0, 0.05) is 39.4 Å². The number of fused-ring (bicyclic) bond motifs is 10. The minimum absolute atomic E-state index is 0.0653. The van der Waals surface area contributed by atoms with Crippen molar-refractivity contribution in [1.82, 2.24) is 0 Å². The molecule has 4 N–H and O–H groups in total. The molecule has 0 saturated heterocycles. The summed E-state index contributed by atoms with van der Waals surface area (Å²) in [6.07, 6.45) is 0. The van der Waals surface area contributed by atoms with Crippen LogP contribution >= 0.6 is 0 Å². The third-order valence-electron chi connectivity index (χ3n) is 7.09. The molecule has 0 aromatic heterocycles. The molecule has 0 amide bonds. The van der Waals surface area contributed by atoms with Crippen LogP contribution in [0.1, 0.15) is 43.0 Å². The molecule has 4 aliphatic rings. The summed E-state index contributed by atoms with van der Waals surface area (Å²) in [6.45, 7) is 0. The maximum atomic E-state index is 13.2. The molecule has 0 spiro atoms. The number of benzene rings is 3. The summed E-state index contributed by atoms with van der Waals surface area (Å²) in [6, 6.07) is 14.7. The van der Waals surface area contributed by atoms with Gasteiger partial charge in [-0.1, -0.05) is 48.5 Å². The van der Waals surface area contributed by atoms with E-state index >= 15 is 0 Å². The van der Waals surface area contributed by atoms with Crippen molar-refractivity contribution in [3.05, 3.63) is 94.0 Å². The van der Waals surface area contributed by atoms with Crippen LogP contribution < -0.4 is 9.47 Å². The fourth-order valence-electron chi connectivity index (χ4n) is 5.52. The largest absolute Gasteiger partial charge is 0.454 e. The number of ether oxygens (including phenoxy) is 2. The van der Waals surface area contributed by atoms with Crippen LogP contribution in [0.25, 0.3) is 0 Å². The van der Waals surface area contributed by atoms with E-state index in [0.717, 1.165) is 0 Å². The third-order valence-corrected chi connectivity index (χ3v) is 7.09. The Labute approximate surface area is 179 Å². The van der Waals surface area contributed by atoms with Gasteiger partial charge in [-0.3, -0.25) is 9.59 Å². The molecule has 2 aliphatic carbocycles. The first kappa shape index (κ1) is 18.1. The van der Waals surface area contributed by atoms with Gasteiger partial charge in [0.25, 0.3) is 11.6 Å². The lowest BCUT2D eigenvalue weighted by atomic mass is 9.81. The quantitative estimate of drug-likeness (QED) is 0.414. The van der Waals surface area contributed by atoms with Crippen molar-refractivity contribution in [2.75, 3.05) is 0 Å². The Bertz CT molecular complexity index is 1340. The topological polar surface area (TPSA) is 134 Å². The number of hydrogen-bond donors (Lipinski definition) is 4. The minimum atomic E-state index is -2.51. The van der Waals surface area contributed by atoms with E-state index in [1.807, 2.05) is 0 Å². The molecule has 0 radical (unpaired) electrons. The van der Waals surface area contributed by atoms with E-state index < -0.39 is 34.3 Å². The van der Waals surface area contributed by atoms with Crippen LogP contribution in [0.3, 0.4) is 0 Å². The predicted molar refractivity (Wildman–Crippen MR) is 105 cm³/mol. The van der Waals surface area contributed by atoms with Gasteiger partial charge in [0.05, 0.1) is 0 Å². The van der Waals surface area contributed by atoms with Crippen LogP contribution in [0.2, 0.25) is 0 Å². The van der Waals surface area contributed by atoms with E-state index in [2.05, 4.69) is 0 Å². The Morgan fingerprint density at radius 2 is 0.969 bits per heavy atom. The number of carbonyl (C=O) groups excluding carboxylic acids is 2. The van der Waals surface area contributed by atoms with Crippen molar-refractivity contribution in [2.24, 2.45) is 0 Å². The highest BCUT2D eigenvalue weighted by Gasteiger charge is 2.74. The van der Waals surface area contributed by atoms with Crippen molar-refractivity contribution in [1.29, 1.82) is 0 Å². The van der Waals surface area contributed by atoms with Gasteiger partial charge < -0.3 is 29.9 Å². The van der Waals surface area contributed by atoms with Crippen molar-refractivity contribution >= 4 is 11.6 Å². The van der Waals surface area contributed by atoms with Gasteiger partial charge in [0.15, 0.2) is 0 Å². The summed E-state index contributed by atoms with van der Waals surface area (Å²) in [5.74, 6) is -6.47. The Balaban J connectivity index is 1.48. The van der Waals surface area contributed by atoms with Gasteiger partial charge in [-0.15, -0.1) is 0 Å². The molecule has 2 aliphatic heterocycles. The molecule has 32 heavy (non-hydrogen) atoms. The second-order valence-corrected chi connectivity index (χ2v) is 8.51. The second kappa shape index (κ2) is 4.92. The molecule has 0 fully saturated rings. The van der Waals surface area contributed by atoms with Crippen LogP contribution in [0.15, 0.2) is 60.7 Å². The maximum Gasteiger partial charge on any atom is 0.276 e. The van der Waals surface area contributed by atoms with E-state index in [0.29, 0.717) is 0 Å². The molecule has 8 nitrogen and oxygen atoms in total. The number of aliphatic hydroxyl groups is 4. The molecule has 0 unspecified atom stereocenters. The van der Waals surface area contributed by atoms with Crippen LogP contribution in [0.5, 0.6) is 11.5 Å². The third kappa shape index (κ3) is 1.51. The molecular formula is C24H14O8. The van der Waals surface area contributed by atoms with Gasteiger partial charge in [-0.2, -0.15) is 0 Å². The Hall–Kier alpha value is -3.56. The normalized spacial score (nSPS) is 34.8. The summed E-state index contributed by atoms with van der Waals surface area (Å²) in [7, 11) is 0. The van der Waals surface area contributed by atoms with Gasteiger partial charge in [0.1, 0.15) is 11.5 Å². The smallest absolute Gasteiger partial charge is 0.276 e. The molecule has 158 valence electrons. The molecule has 0 bridgehead atoms. The number of Topliss-reactive ketones (excluding diaryl/α,β-unsaturated/α-hetero) is 2. The highest BCUT2D eigenvalue weighted by atomic mass is 16.7.